The predicted molar refractivity (Wildman–Crippen MR) is 78.2 cm³/mol. The van der Waals surface area contributed by atoms with Crippen molar-refractivity contribution in [3.05, 3.63) is 47.5 Å². The summed E-state index contributed by atoms with van der Waals surface area (Å²) in [7, 11) is 0. The van der Waals surface area contributed by atoms with Crippen LogP contribution in [0.2, 0.25) is 0 Å². The fraction of sp³-hybridized carbons (Fsp3) is 0.438. The molecule has 0 radical (unpaired) electrons. The van der Waals surface area contributed by atoms with E-state index in [0.717, 1.165) is 24.9 Å². The Hall–Kier alpha value is -1.77. The highest BCUT2D eigenvalue weighted by Crippen LogP contribution is 2.37. The molecule has 2 aromatic rings. The van der Waals surface area contributed by atoms with Crippen molar-refractivity contribution in [2.24, 2.45) is 0 Å². The van der Waals surface area contributed by atoms with Gasteiger partial charge in [-0.25, -0.2) is 4.98 Å². The maximum absolute atomic E-state index is 5.88. The number of aryl methyl sites for hydroxylation is 1. The molecule has 0 saturated heterocycles. The van der Waals surface area contributed by atoms with Crippen LogP contribution in [0.5, 0.6) is 0 Å². The monoisotopic (exact) mass is 255 g/mol. The summed E-state index contributed by atoms with van der Waals surface area (Å²) in [5.41, 5.74) is 10.9. The Bertz CT molecular complexity index is 585. The van der Waals surface area contributed by atoms with Gasteiger partial charge >= 0.3 is 0 Å². The molecule has 2 atom stereocenters. The first kappa shape index (κ1) is 12.3. The Morgan fingerprint density at radius 3 is 3.11 bits per heavy atom. The van der Waals surface area contributed by atoms with Gasteiger partial charge in [0.15, 0.2) is 0 Å². The molecule has 3 rings (SSSR count). The molecule has 0 fully saturated rings. The highest BCUT2D eigenvalue weighted by Gasteiger charge is 2.26. The van der Waals surface area contributed by atoms with E-state index in [-0.39, 0.29) is 0 Å². The third-order valence-corrected chi connectivity index (χ3v) is 4.36. The van der Waals surface area contributed by atoms with Crippen molar-refractivity contribution in [2.75, 3.05) is 5.73 Å². The number of hydrogen-bond donors (Lipinski definition) is 1. The molecular weight excluding hydrogens is 234 g/mol. The lowest BCUT2D eigenvalue weighted by Crippen LogP contribution is -2.11. The van der Waals surface area contributed by atoms with Gasteiger partial charge in [-0.1, -0.05) is 19.9 Å². The first-order valence-electron chi connectivity index (χ1n) is 7.10. The largest absolute Gasteiger partial charge is 0.399 e. The number of nitrogens with two attached hydrogens (primary N) is 1. The van der Waals surface area contributed by atoms with Crippen molar-refractivity contribution < 1.29 is 0 Å². The van der Waals surface area contributed by atoms with Gasteiger partial charge in [-0.05, 0) is 48.4 Å². The van der Waals surface area contributed by atoms with E-state index < -0.39 is 0 Å². The fourth-order valence-corrected chi connectivity index (χ4v) is 3.07. The number of hydrogen-bond acceptors (Lipinski definition) is 2. The van der Waals surface area contributed by atoms with Crippen LogP contribution in [-0.2, 0) is 6.42 Å². The van der Waals surface area contributed by atoms with Crippen LogP contribution in [-0.4, -0.2) is 9.55 Å². The van der Waals surface area contributed by atoms with Crippen LogP contribution in [0.25, 0.3) is 0 Å². The third-order valence-electron chi connectivity index (χ3n) is 4.36. The Labute approximate surface area is 114 Å². The van der Waals surface area contributed by atoms with Crippen molar-refractivity contribution in [1.29, 1.82) is 0 Å². The second kappa shape index (κ2) is 4.72. The lowest BCUT2D eigenvalue weighted by atomic mass is 10.0. The summed E-state index contributed by atoms with van der Waals surface area (Å²) in [6, 6.07) is 6.75. The summed E-state index contributed by atoms with van der Waals surface area (Å²) < 4.78 is 2.36. The molecule has 3 nitrogen and oxygen atoms in total. The Balaban J connectivity index is 2.00. The van der Waals surface area contributed by atoms with Gasteiger partial charge < -0.3 is 10.3 Å². The highest BCUT2D eigenvalue weighted by molar-refractivity contribution is 5.48. The van der Waals surface area contributed by atoms with Crippen LogP contribution in [0.15, 0.2) is 30.7 Å². The maximum Gasteiger partial charge on any atom is 0.0954 e. The Morgan fingerprint density at radius 1 is 1.47 bits per heavy atom. The number of benzene rings is 1. The van der Waals surface area contributed by atoms with Crippen LogP contribution >= 0.6 is 0 Å². The van der Waals surface area contributed by atoms with Crippen molar-refractivity contribution >= 4 is 5.69 Å². The molecule has 1 aliphatic carbocycles. The molecule has 1 heterocycles. The summed E-state index contributed by atoms with van der Waals surface area (Å²) in [5, 5.41) is 0. The minimum absolute atomic E-state index is 0.432. The molecular formula is C16H21N3. The van der Waals surface area contributed by atoms with E-state index in [0.29, 0.717) is 12.0 Å². The fourth-order valence-electron chi connectivity index (χ4n) is 3.07. The second-order valence-electron chi connectivity index (χ2n) is 5.55. The Kier molecular flexibility index (Phi) is 3.05. The zero-order valence-electron chi connectivity index (χ0n) is 11.6. The number of nitrogen functional groups attached to an aromatic ring is 1. The maximum atomic E-state index is 5.88. The minimum atomic E-state index is 0.432. The van der Waals surface area contributed by atoms with Gasteiger partial charge in [0.1, 0.15) is 0 Å². The van der Waals surface area contributed by atoms with Crippen molar-refractivity contribution in [2.45, 2.75) is 45.1 Å². The van der Waals surface area contributed by atoms with Gasteiger partial charge in [0.2, 0.25) is 0 Å². The average molecular weight is 255 g/mol. The van der Waals surface area contributed by atoms with Crippen LogP contribution in [0, 0.1) is 0 Å². The first-order valence-corrected chi connectivity index (χ1v) is 7.10. The molecule has 0 bridgehead atoms. The molecule has 0 amide bonds. The molecule has 19 heavy (non-hydrogen) atoms. The van der Waals surface area contributed by atoms with Gasteiger partial charge in [-0.2, -0.15) is 0 Å². The molecule has 3 heteroatoms. The topological polar surface area (TPSA) is 43.8 Å². The van der Waals surface area contributed by atoms with Crippen LogP contribution in [0.4, 0.5) is 5.69 Å². The van der Waals surface area contributed by atoms with Crippen molar-refractivity contribution in [3.63, 3.8) is 0 Å². The first-order chi connectivity index (χ1) is 9.20. The summed E-state index contributed by atoms with van der Waals surface area (Å²) in [4.78, 5) is 4.36. The SMILES string of the molecule is CCC(C)c1cncn1C1CCc2cc(N)ccc21. The zero-order valence-corrected chi connectivity index (χ0v) is 11.6. The normalized spacial score (nSPS) is 19.4. The molecule has 0 saturated carbocycles. The standard InChI is InChI=1S/C16H21N3/c1-3-11(2)16-9-18-10-19(16)15-7-4-12-8-13(17)5-6-14(12)15/h5-6,8-11,15H,3-4,7,17H2,1-2H3. The molecule has 1 aromatic heterocycles. The number of imidazole rings is 1. The van der Waals surface area contributed by atoms with Gasteiger partial charge in [-0.3, -0.25) is 0 Å². The van der Waals surface area contributed by atoms with Crippen molar-refractivity contribution in [3.8, 4) is 0 Å². The number of nitrogens with zero attached hydrogens (tertiary/aromatic N) is 2. The summed E-state index contributed by atoms with van der Waals surface area (Å²) >= 11 is 0. The van der Waals surface area contributed by atoms with Gasteiger partial charge in [0, 0.05) is 17.6 Å². The molecule has 2 unspecified atom stereocenters. The van der Waals surface area contributed by atoms with E-state index in [1.54, 1.807) is 0 Å². The summed E-state index contributed by atoms with van der Waals surface area (Å²) in [6.45, 7) is 4.50. The molecule has 0 spiro atoms. The smallest absolute Gasteiger partial charge is 0.0954 e. The van der Waals surface area contributed by atoms with E-state index in [2.05, 4.69) is 35.5 Å². The van der Waals surface area contributed by atoms with Crippen LogP contribution in [0.1, 0.15) is 55.5 Å². The van der Waals surface area contributed by atoms with E-state index >= 15 is 0 Å². The molecule has 1 aliphatic rings. The molecule has 100 valence electrons. The molecule has 2 N–H and O–H groups in total. The summed E-state index contributed by atoms with van der Waals surface area (Å²) in [6.07, 6.45) is 7.41. The van der Waals surface area contributed by atoms with Crippen LogP contribution in [0.3, 0.4) is 0 Å². The zero-order chi connectivity index (χ0) is 13.4. The quantitative estimate of drug-likeness (QED) is 0.853. The summed E-state index contributed by atoms with van der Waals surface area (Å²) in [5.74, 6) is 0.556. The third kappa shape index (κ3) is 2.03. The minimum Gasteiger partial charge on any atom is -0.399 e. The lowest BCUT2D eigenvalue weighted by Gasteiger charge is -2.20. The predicted octanol–water partition coefficient (Wildman–Crippen LogP) is 3.51. The molecule has 1 aromatic carbocycles. The Morgan fingerprint density at radius 2 is 2.32 bits per heavy atom. The van der Waals surface area contributed by atoms with Gasteiger partial charge in [-0.15, -0.1) is 0 Å². The number of aromatic nitrogens is 2. The van der Waals surface area contributed by atoms with Gasteiger partial charge in [0.25, 0.3) is 0 Å². The number of fused-ring (bicyclic) bond motifs is 1. The second-order valence-corrected chi connectivity index (χ2v) is 5.55. The van der Waals surface area contributed by atoms with E-state index in [4.69, 9.17) is 5.73 Å². The number of anilines is 1. The lowest BCUT2D eigenvalue weighted by molar-refractivity contribution is 0.532. The highest BCUT2D eigenvalue weighted by atomic mass is 15.1. The average Bonchev–Trinajstić information content (AvgIpc) is 3.02. The number of rotatable bonds is 3. The van der Waals surface area contributed by atoms with E-state index in [1.165, 1.54) is 16.8 Å². The van der Waals surface area contributed by atoms with Crippen molar-refractivity contribution in [1.82, 2.24) is 9.55 Å². The van der Waals surface area contributed by atoms with E-state index in [1.807, 2.05) is 18.6 Å². The van der Waals surface area contributed by atoms with Gasteiger partial charge in [0.05, 0.1) is 12.4 Å². The van der Waals surface area contributed by atoms with E-state index in [9.17, 15) is 0 Å². The molecule has 0 aliphatic heterocycles. The van der Waals surface area contributed by atoms with Crippen LogP contribution < -0.4 is 5.73 Å².